The summed E-state index contributed by atoms with van der Waals surface area (Å²) in [4.78, 5) is 3.18. The lowest BCUT2D eigenvalue weighted by molar-refractivity contribution is 0.666. The van der Waals surface area contributed by atoms with Crippen LogP contribution in [0.1, 0.15) is 38.2 Å². The van der Waals surface area contributed by atoms with Crippen LogP contribution in [0.25, 0.3) is 0 Å². The molecular formula is C10H15Br2N. The number of aromatic amines is 1. The third-order valence-electron chi connectivity index (χ3n) is 2.11. The average molecular weight is 309 g/mol. The average Bonchev–Trinajstić information content (AvgIpc) is 2.39. The molecule has 0 atom stereocenters. The number of hydrogen-bond donors (Lipinski definition) is 1. The van der Waals surface area contributed by atoms with Gasteiger partial charge in [-0.25, -0.2) is 0 Å². The molecule has 0 aliphatic carbocycles. The van der Waals surface area contributed by atoms with Crippen molar-refractivity contribution in [3.63, 3.8) is 0 Å². The first kappa shape index (κ1) is 11.3. The Hall–Kier alpha value is 0.240. The van der Waals surface area contributed by atoms with Crippen molar-refractivity contribution < 1.29 is 0 Å². The molecule has 0 aromatic carbocycles. The van der Waals surface area contributed by atoms with E-state index in [1.807, 2.05) is 0 Å². The van der Waals surface area contributed by atoms with Gasteiger partial charge >= 0.3 is 0 Å². The third kappa shape index (κ3) is 3.86. The van der Waals surface area contributed by atoms with Gasteiger partial charge in [-0.1, -0.05) is 26.2 Å². The van der Waals surface area contributed by atoms with Crippen LogP contribution >= 0.6 is 31.9 Å². The van der Waals surface area contributed by atoms with Crippen LogP contribution in [0, 0.1) is 0 Å². The second-order valence-electron chi connectivity index (χ2n) is 3.27. The molecule has 1 nitrogen and oxygen atoms in total. The molecule has 74 valence electrons. The highest BCUT2D eigenvalue weighted by Gasteiger charge is 2.02. The van der Waals surface area contributed by atoms with Gasteiger partial charge in [0, 0.05) is 0 Å². The highest BCUT2D eigenvalue weighted by atomic mass is 79.9. The van der Waals surface area contributed by atoms with Crippen molar-refractivity contribution in [2.24, 2.45) is 0 Å². The summed E-state index contributed by atoms with van der Waals surface area (Å²) in [5.74, 6) is 0. The van der Waals surface area contributed by atoms with E-state index in [-0.39, 0.29) is 0 Å². The molecule has 0 unspecified atom stereocenters. The quantitative estimate of drug-likeness (QED) is 0.761. The maximum absolute atomic E-state index is 3.50. The van der Waals surface area contributed by atoms with E-state index in [2.05, 4.69) is 49.8 Å². The molecular weight excluding hydrogens is 294 g/mol. The van der Waals surface area contributed by atoms with Crippen LogP contribution in [0.5, 0.6) is 0 Å². The second-order valence-corrected chi connectivity index (χ2v) is 4.91. The number of unbranched alkanes of at least 4 members (excludes halogenated alkanes) is 3. The Balaban J connectivity index is 2.32. The molecule has 1 aromatic heterocycles. The van der Waals surface area contributed by atoms with Gasteiger partial charge < -0.3 is 4.98 Å². The van der Waals surface area contributed by atoms with Crippen molar-refractivity contribution in [2.75, 3.05) is 0 Å². The number of rotatable bonds is 5. The maximum Gasteiger partial charge on any atom is 0.0861 e. The fourth-order valence-corrected chi connectivity index (χ4v) is 2.63. The van der Waals surface area contributed by atoms with Gasteiger partial charge in [-0.2, -0.15) is 0 Å². The van der Waals surface area contributed by atoms with Crippen molar-refractivity contribution >= 4 is 31.9 Å². The first-order valence-corrected chi connectivity index (χ1v) is 6.35. The van der Waals surface area contributed by atoms with E-state index >= 15 is 0 Å². The largest absolute Gasteiger partial charge is 0.344 e. The van der Waals surface area contributed by atoms with Gasteiger partial charge in [0.15, 0.2) is 0 Å². The fraction of sp³-hybridized carbons (Fsp3) is 0.600. The summed E-state index contributed by atoms with van der Waals surface area (Å²) in [6.45, 7) is 2.24. The van der Waals surface area contributed by atoms with Crippen LogP contribution in [0.4, 0.5) is 0 Å². The molecule has 0 bridgehead atoms. The highest BCUT2D eigenvalue weighted by Crippen LogP contribution is 2.22. The first-order valence-electron chi connectivity index (χ1n) is 4.77. The van der Waals surface area contributed by atoms with Crippen LogP contribution in [0.2, 0.25) is 0 Å². The predicted octanol–water partition coefficient (Wildman–Crippen LogP) is 4.66. The lowest BCUT2D eigenvalue weighted by Gasteiger charge is -1.98. The zero-order valence-corrected chi connectivity index (χ0v) is 11.0. The Morgan fingerprint density at radius 2 is 2.00 bits per heavy atom. The predicted molar refractivity (Wildman–Crippen MR) is 64.0 cm³/mol. The van der Waals surface area contributed by atoms with E-state index in [4.69, 9.17) is 0 Å². The molecule has 0 radical (unpaired) electrons. The monoisotopic (exact) mass is 307 g/mol. The normalized spacial score (nSPS) is 10.7. The minimum atomic E-state index is 1.06. The van der Waals surface area contributed by atoms with Crippen LogP contribution < -0.4 is 0 Å². The van der Waals surface area contributed by atoms with Crippen molar-refractivity contribution in [3.05, 3.63) is 20.8 Å². The number of halogens is 2. The molecule has 0 saturated heterocycles. The Kier molecular flexibility index (Phi) is 5.10. The summed E-state index contributed by atoms with van der Waals surface area (Å²) in [5.41, 5.74) is 1.38. The first-order chi connectivity index (χ1) is 6.24. The number of aryl methyl sites for hydroxylation is 1. The third-order valence-corrected chi connectivity index (χ3v) is 3.25. The molecule has 0 amide bonds. The lowest BCUT2D eigenvalue weighted by Crippen LogP contribution is -1.83. The molecule has 1 rings (SSSR count). The molecule has 13 heavy (non-hydrogen) atoms. The maximum atomic E-state index is 3.50. The molecule has 0 fully saturated rings. The van der Waals surface area contributed by atoms with Crippen molar-refractivity contribution in [2.45, 2.75) is 39.0 Å². The summed E-state index contributed by atoms with van der Waals surface area (Å²) in [5, 5.41) is 0. The van der Waals surface area contributed by atoms with Gasteiger partial charge in [0.2, 0.25) is 0 Å². The zero-order chi connectivity index (χ0) is 9.68. The van der Waals surface area contributed by atoms with E-state index in [0.717, 1.165) is 9.21 Å². The van der Waals surface area contributed by atoms with Crippen molar-refractivity contribution in [3.8, 4) is 0 Å². The minimum Gasteiger partial charge on any atom is -0.344 e. The molecule has 3 heteroatoms. The summed E-state index contributed by atoms with van der Waals surface area (Å²) in [6.07, 6.45) is 6.45. The van der Waals surface area contributed by atoms with Gasteiger partial charge in [-0.05, 0) is 56.3 Å². The summed E-state index contributed by atoms with van der Waals surface area (Å²) in [6, 6.07) is 2.15. The molecule has 0 saturated carbocycles. The Labute approximate surface area is 96.6 Å². The van der Waals surface area contributed by atoms with E-state index in [1.165, 1.54) is 37.7 Å². The van der Waals surface area contributed by atoms with Crippen molar-refractivity contribution in [1.82, 2.24) is 4.98 Å². The smallest absolute Gasteiger partial charge is 0.0861 e. The van der Waals surface area contributed by atoms with Gasteiger partial charge in [0.1, 0.15) is 0 Å². The van der Waals surface area contributed by atoms with E-state index in [1.54, 1.807) is 0 Å². The summed E-state index contributed by atoms with van der Waals surface area (Å²) < 4.78 is 2.18. The summed E-state index contributed by atoms with van der Waals surface area (Å²) >= 11 is 6.92. The number of aromatic nitrogens is 1. The molecule has 0 aliphatic heterocycles. The van der Waals surface area contributed by atoms with Gasteiger partial charge in [-0.3, -0.25) is 0 Å². The molecule has 1 heterocycles. The molecule has 0 aliphatic rings. The van der Waals surface area contributed by atoms with Crippen LogP contribution in [-0.4, -0.2) is 4.98 Å². The molecule has 1 N–H and O–H groups in total. The van der Waals surface area contributed by atoms with E-state index < -0.39 is 0 Å². The van der Waals surface area contributed by atoms with Gasteiger partial charge in [0.25, 0.3) is 0 Å². The topological polar surface area (TPSA) is 15.8 Å². The molecule has 1 aromatic rings. The van der Waals surface area contributed by atoms with Crippen molar-refractivity contribution in [1.29, 1.82) is 0 Å². The SMILES string of the molecule is CCCCCCc1cc(Br)[nH]c1Br. The summed E-state index contributed by atoms with van der Waals surface area (Å²) in [7, 11) is 0. The minimum absolute atomic E-state index is 1.06. The second kappa shape index (κ2) is 5.86. The van der Waals surface area contributed by atoms with E-state index in [0.29, 0.717) is 0 Å². The van der Waals surface area contributed by atoms with Crippen LogP contribution in [-0.2, 0) is 6.42 Å². The van der Waals surface area contributed by atoms with Gasteiger partial charge in [0.05, 0.1) is 9.21 Å². The van der Waals surface area contributed by atoms with E-state index in [9.17, 15) is 0 Å². The Morgan fingerprint density at radius 1 is 1.23 bits per heavy atom. The van der Waals surface area contributed by atoms with Crippen LogP contribution in [0.15, 0.2) is 15.3 Å². The highest BCUT2D eigenvalue weighted by molar-refractivity contribution is 9.11. The number of hydrogen-bond acceptors (Lipinski definition) is 0. The Bertz CT molecular complexity index is 255. The molecule has 0 spiro atoms. The standard InChI is InChI=1S/C10H15Br2N/c1-2-3-4-5-6-8-7-9(11)13-10(8)12/h7,13H,2-6H2,1H3. The fourth-order valence-electron chi connectivity index (χ4n) is 1.36. The number of H-pyrrole nitrogens is 1. The van der Waals surface area contributed by atoms with Crippen LogP contribution in [0.3, 0.4) is 0 Å². The Morgan fingerprint density at radius 3 is 2.54 bits per heavy atom. The van der Waals surface area contributed by atoms with Gasteiger partial charge in [-0.15, -0.1) is 0 Å². The zero-order valence-electron chi connectivity index (χ0n) is 7.87. The lowest BCUT2D eigenvalue weighted by atomic mass is 10.1. The number of nitrogens with one attached hydrogen (secondary N) is 1.